The van der Waals surface area contributed by atoms with Crippen LogP contribution in [0.25, 0.3) is 0 Å². The van der Waals surface area contributed by atoms with Crippen molar-refractivity contribution in [1.29, 1.82) is 0 Å². The van der Waals surface area contributed by atoms with E-state index >= 15 is 0 Å². The van der Waals surface area contributed by atoms with Gasteiger partial charge >= 0.3 is 0 Å². The molecule has 0 saturated heterocycles. The molecule has 122 valence electrons. The molecule has 2 aromatic rings. The van der Waals surface area contributed by atoms with Crippen molar-refractivity contribution >= 4 is 0 Å². The van der Waals surface area contributed by atoms with E-state index in [0.29, 0.717) is 11.8 Å². The van der Waals surface area contributed by atoms with Gasteiger partial charge in [0.15, 0.2) is 0 Å². The van der Waals surface area contributed by atoms with Gasteiger partial charge in [-0.25, -0.2) is 0 Å². The zero-order chi connectivity index (χ0) is 16.9. The molecule has 0 aromatic heterocycles. The van der Waals surface area contributed by atoms with E-state index in [0.717, 1.165) is 0 Å². The first-order chi connectivity index (χ1) is 11.5. The van der Waals surface area contributed by atoms with Crippen LogP contribution in [0.1, 0.15) is 42.5 Å². The Morgan fingerprint density at radius 3 is 1.79 bits per heavy atom. The van der Waals surface area contributed by atoms with Crippen LogP contribution < -0.4 is 0 Å². The lowest BCUT2D eigenvalue weighted by Crippen LogP contribution is -2.26. The summed E-state index contributed by atoms with van der Waals surface area (Å²) in [5.41, 5.74) is 5.60. The van der Waals surface area contributed by atoms with E-state index in [4.69, 9.17) is 0 Å². The summed E-state index contributed by atoms with van der Waals surface area (Å²) in [6, 6.07) is 18.3. The van der Waals surface area contributed by atoms with Crippen molar-refractivity contribution in [2.45, 2.75) is 34.1 Å². The summed E-state index contributed by atoms with van der Waals surface area (Å²) in [5, 5.41) is 0. The van der Waals surface area contributed by atoms with Crippen molar-refractivity contribution in [1.82, 2.24) is 0 Å². The summed E-state index contributed by atoms with van der Waals surface area (Å²) in [7, 11) is 0. The van der Waals surface area contributed by atoms with E-state index in [2.05, 4.69) is 88.4 Å². The molecule has 0 spiro atoms. The quantitative estimate of drug-likeness (QED) is 0.589. The lowest BCUT2D eigenvalue weighted by Gasteiger charge is -2.35. The third-order valence-corrected chi connectivity index (χ3v) is 5.94. The van der Waals surface area contributed by atoms with Crippen LogP contribution in [0.15, 0.2) is 60.7 Å². The van der Waals surface area contributed by atoms with Gasteiger partial charge in [-0.3, -0.25) is 0 Å². The predicted molar refractivity (Wildman–Crippen MR) is 102 cm³/mol. The largest absolute Gasteiger partial charge is 0.0879 e. The highest BCUT2D eigenvalue weighted by atomic mass is 14.6. The summed E-state index contributed by atoms with van der Waals surface area (Å²) < 4.78 is 0. The van der Waals surface area contributed by atoms with Crippen LogP contribution in [0, 0.1) is 42.9 Å². The van der Waals surface area contributed by atoms with Gasteiger partial charge in [0.2, 0.25) is 0 Å². The van der Waals surface area contributed by atoms with Gasteiger partial charge in [0, 0.05) is 11.8 Å². The molecule has 0 N–H and O–H groups in total. The second-order valence-electron chi connectivity index (χ2n) is 7.98. The Kier molecular flexibility index (Phi) is 3.67. The van der Waals surface area contributed by atoms with Crippen molar-refractivity contribution < 1.29 is 0 Å². The summed E-state index contributed by atoms with van der Waals surface area (Å²) in [4.78, 5) is 0. The van der Waals surface area contributed by atoms with Gasteiger partial charge in [-0.2, -0.15) is 0 Å². The lowest BCUT2D eigenvalue weighted by molar-refractivity contribution is 0.451. The average Bonchev–Trinajstić information content (AvgIpc) is 3.07. The number of rotatable bonds is 2. The monoisotopic (exact) mass is 314 g/mol. The van der Waals surface area contributed by atoms with Crippen LogP contribution in [0.3, 0.4) is 0 Å². The first-order valence-electron chi connectivity index (χ1n) is 9.04. The van der Waals surface area contributed by atoms with Gasteiger partial charge < -0.3 is 0 Å². The van der Waals surface area contributed by atoms with Crippen LogP contribution in [-0.2, 0) is 0 Å². The number of fused-ring (bicyclic) bond motifs is 1. The van der Waals surface area contributed by atoms with Crippen molar-refractivity contribution in [3.8, 4) is 0 Å². The van der Waals surface area contributed by atoms with Gasteiger partial charge in [-0.15, -0.1) is 0 Å². The molecule has 4 rings (SSSR count). The summed E-state index contributed by atoms with van der Waals surface area (Å²) in [6.07, 6.45) is 6.00. The van der Waals surface area contributed by atoms with E-state index in [-0.39, 0.29) is 5.41 Å². The van der Waals surface area contributed by atoms with Crippen LogP contribution in [0.2, 0.25) is 0 Å². The van der Waals surface area contributed by atoms with Gasteiger partial charge in [0.05, 0.1) is 0 Å². The van der Waals surface area contributed by atoms with Crippen LogP contribution in [0.5, 0.6) is 0 Å². The fraction of sp³-hybridized carbons (Fsp3) is 0.333. The topological polar surface area (TPSA) is 0 Å². The first-order valence-corrected chi connectivity index (χ1v) is 9.04. The van der Waals surface area contributed by atoms with E-state index in [9.17, 15) is 0 Å². The van der Waals surface area contributed by atoms with Crippen molar-refractivity contribution in [2.75, 3.05) is 0 Å². The highest BCUT2D eigenvalue weighted by Crippen LogP contribution is 2.64. The molecule has 1 fully saturated rings. The Balaban J connectivity index is 1.79. The minimum atomic E-state index is 0.102. The number of hydrogen-bond donors (Lipinski definition) is 0. The maximum atomic E-state index is 2.45. The van der Waals surface area contributed by atoms with E-state index in [1.54, 1.807) is 11.8 Å². The highest BCUT2D eigenvalue weighted by molar-refractivity contribution is 5.54. The summed E-state index contributed by atoms with van der Waals surface area (Å²) in [6.45, 7) is 9.17. The summed E-state index contributed by atoms with van der Waals surface area (Å²) >= 11 is 0. The molecule has 24 heavy (non-hydrogen) atoms. The Morgan fingerprint density at radius 1 is 0.750 bits per heavy atom. The second-order valence-corrected chi connectivity index (χ2v) is 7.98. The molecule has 0 heteroatoms. The third-order valence-electron chi connectivity index (χ3n) is 5.94. The molecular weight excluding hydrogens is 288 g/mol. The molecule has 0 bridgehead atoms. The average molecular weight is 314 g/mol. The SMILES string of the molecule is Cc1ccc([C]2C3C=CCC3[C](c3ccc(C)cc3)C2(C)C)cc1. The molecule has 2 aliphatic rings. The summed E-state index contributed by atoms with van der Waals surface area (Å²) in [5.74, 6) is 4.39. The van der Waals surface area contributed by atoms with E-state index < -0.39 is 0 Å². The molecule has 2 atom stereocenters. The third kappa shape index (κ3) is 2.35. The first kappa shape index (κ1) is 15.7. The predicted octanol–water partition coefficient (Wildman–Crippen LogP) is 6.08. The smallest absolute Gasteiger partial charge is 0.0187 e. The Morgan fingerprint density at radius 2 is 1.25 bits per heavy atom. The molecule has 2 aliphatic carbocycles. The van der Waals surface area contributed by atoms with Crippen LogP contribution >= 0.6 is 0 Å². The Labute approximate surface area is 146 Å². The normalized spacial score (nSPS) is 26.0. The Hall–Kier alpha value is -1.82. The maximum Gasteiger partial charge on any atom is 0.0187 e. The molecule has 0 nitrogen and oxygen atoms in total. The van der Waals surface area contributed by atoms with Gasteiger partial charge in [0.1, 0.15) is 0 Å². The Bertz CT molecular complexity index is 746. The number of benzene rings is 2. The molecule has 2 aromatic carbocycles. The molecule has 1 saturated carbocycles. The van der Waals surface area contributed by atoms with Gasteiger partial charge in [0.25, 0.3) is 0 Å². The minimum absolute atomic E-state index is 0.102. The van der Waals surface area contributed by atoms with Gasteiger partial charge in [-0.05, 0) is 48.6 Å². The second kappa shape index (κ2) is 5.62. The standard InChI is InChI=1S/C24H26/c1-16-8-12-18(13-9-16)22-20-6-5-7-21(20)23(24(22,3)4)19-14-10-17(2)11-15-19/h5-6,8-15,20-21H,7H2,1-4H3. The van der Waals surface area contributed by atoms with Crippen molar-refractivity contribution in [3.05, 3.63) is 94.8 Å². The molecule has 0 amide bonds. The molecule has 2 radical (unpaired) electrons. The fourth-order valence-corrected chi connectivity index (χ4v) is 4.87. The van der Waals surface area contributed by atoms with E-state index in [1.807, 2.05) is 0 Å². The highest BCUT2D eigenvalue weighted by Gasteiger charge is 2.56. The van der Waals surface area contributed by atoms with Crippen LogP contribution in [-0.4, -0.2) is 0 Å². The zero-order valence-electron chi connectivity index (χ0n) is 15.1. The van der Waals surface area contributed by atoms with Crippen LogP contribution in [0.4, 0.5) is 0 Å². The zero-order valence-corrected chi connectivity index (χ0v) is 15.1. The lowest BCUT2D eigenvalue weighted by atomic mass is 9.68. The molecule has 0 aliphatic heterocycles. The minimum Gasteiger partial charge on any atom is -0.0879 e. The molecule has 2 unspecified atom stereocenters. The van der Waals surface area contributed by atoms with E-state index in [1.165, 1.54) is 28.7 Å². The van der Waals surface area contributed by atoms with Gasteiger partial charge in [-0.1, -0.05) is 85.7 Å². The van der Waals surface area contributed by atoms with Crippen molar-refractivity contribution in [3.63, 3.8) is 0 Å². The van der Waals surface area contributed by atoms with Crippen molar-refractivity contribution in [2.24, 2.45) is 17.3 Å². The fourth-order valence-electron chi connectivity index (χ4n) is 4.87. The molecular formula is C24H26. The number of hydrogen-bond acceptors (Lipinski definition) is 0. The maximum absolute atomic E-state index is 2.45. The number of allylic oxidation sites excluding steroid dienone is 2. The molecule has 0 heterocycles. The number of aryl methyl sites for hydroxylation is 2.